The molecule has 0 aromatic carbocycles. The smallest absolute Gasteiger partial charge is 0.305 e. The molecule has 12 saturated heterocycles. The molecule has 12 aliphatic rings. The van der Waals surface area contributed by atoms with Gasteiger partial charge in [-0.25, -0.2) is 0 Å². The van der Waals surface area contributed by atoms with E-state index in [-0.39, 0.29) is 35.7 Å². The second-order valence-electron chi connectivity index (χ2n) is 30.8. The third kappa shape index (κ3) is 62.7. The van der Waals surface area contributed by atoms with Gasteiger partial charge in [-0.15, -0.1) is 0 Å². The van der Waals surface area contributed by atoms with Crippen molar-refractivity contribution in [3.05, 3.63) is 0 Å². The number of likely N-dealkylation sites (N-methyl/N-ethyl adjacent to an activating group) is 8. The molecule has 12 aliphatic heterocycles. The Hall–Kier alpha value is -0.590. The molecule has 12 atom stereocenters. The first-order chi connectivity index (χ1) is 47.0. The minimum Gasteiger partial charge on any atom is -0.465 e. The molecule has 0 spiro atoms. The van der Waals surface area contributed by atoms with Gasteiger partial charge in [-0.2, -0.15) is 23.5 Å². The van der Waals surface area contributed by atoms with Crippen LogP contribution in [0.4, 0.5) is 0 Å². The van der Waals surface area contributed by atoms with Gasteiger partial charge in [-0.05, 0) is 190 Å². The Morgan fingerprint density at radius 2 is 0.854 bits per heavy atom. The predicted octanol–water partition coefficient (Wildman–Crippen LogP) is 10.2. The van der Waals surface area contributed by atoms with E-state index in [1.165, 1.54) is 116 Å². The van der Waals surface area contributed by atoms with Crippen molar-refractivity contribution >= 4 is 29.5 Å². The molecule has 23 heteroatoms. The summed E-state index contributed by atoms with van der Waals surface area (Å²) >= 11 is 4.20. The van der Waals surface area contributed by atoms with Crippen LogP contribution in [0.2, 0.25) is 0 Å². The molecule has 0 amide bonds. The molecule has 0 aromatic heterocycles. The molecule has 3 N–H and O–H groups in total. The van der Waals surface area contributed by atoms with Crippen LogP contribution in [0.25, 0.3) is 0 Å². The van der Waals surface area contributed by atoms with E-state index in [1.54, 1.807) is 0 Å². The largest absolute Gasteiger partial charge is 0.465 e. The number of morpholine rings is 4. The van der Waals surface area contributed by atoms with E-state index in [2.05, 4.69) is 249 Å². The predicted molar refractivity (Wildman–Crippen MR) is 452 cm³/mol. The molecular formula is C80H179N13O8S2. The molecule has 0 radical (unpaired) electrons. The van der Waals surface area contributed by atoms with E-state index in [9.17, 15) is 4.79 Å². The molecule has 0 saturated carbocycles. The van der Waals surface area contributed by atoms with Gasteiger partial charge in [-0.1, -0.05) is 56.9 Å². The van der Waals surface area contributed by atoms with Crippen molar-refractivity contribution < 1.29 is 38.0 Å². The van der Waals surface area contributed by atoms with Gasteiger partial charge in [0.15, 0.2) is 0 Å². The van der Waals surface area contributed by atoms with Gasteiger partial charge in [0.25, 0.3) is 0 Å². The summed E-state index contributed by atoms with van der Waals surface area (Å²) in [5.41, 5.74) is 0. The van der Waals surface area contributed by atoms with Crippen molar-refractivity contribution in [2.75, 3.05) is 272 Å². The normalized spacial score (nSPS) is 30.9. The molecular weight excluding hydrogens is 1340 g/mol. The number of cyclic esters (lactones) is 1. The fourth-order valence-corrected chi connectivity index (χ4v) is 14.7. The zero-order valence-electron chi connectivity index (χ0n) is 68.6. The standard InChI is InChI=1S/C9H20N2.2C7H16N2.C7H15NO.3C6H13NO.C6H13NS.C6H10O2.C6H12S.2C5H11NO.4CH4/c1-8(2)11-6-5-10(4)7-9(11)3;2*1-7-6-8(2)4-5-9(7)3;1-7-6-8(2)4-3-5-9-7;2*1-6-5-7(2)3-4-8-6;1-6-5-7-3-2-4-8-6;1-6-5-7(2)3-4-8-6;1-5-2-3-6(7)8-4-5;1-6-4-2-3-5-7-6;1-5-4-7-3-2-6-5;1-5-4-6-2-3-7-5;;;;/h8-9H,5-7H2,1-4H3;2*7H,4-6H2,1-3H3;7H,3-6H2,1-2H3;2*6H,3-5H2,1-2H3;6-7H,2-5H2,1H3;6H,3-5H2,1-2H3;5H,2-4H2,1H3;6H,2-5H2,1H3;2*5-6H,2-4H2,1H3;4*1H4. The molecule has 12 unspecified atom stereocenters. The number of nitrogens with zero attached hydrogens (tertiary/aromatic N) is 10. The monoisotopic (exact) mass is 1510 g/mol. The lowest BCUT2D eigenvalue weighted by Crippen LogP contribution is -2.52. The summed E-state index contributed by atoms with van der Waals surface area (Å²) in [6, 6.07) is 3.48. The Balaban J connectivity index is -0.000000518. The molecule has 103 heavy (non-hydrogen) atoms. The first-order valence-corrected chi connectivity index (χ1v) is 41.3. The molecule has 12 fully saturated rings. The lowest BCUT2D eigenvalue weighted by atomic mass is 10.1. The Kier molecular flexibility index (Phi) is 72.0. The third-order valence-corrected chi connectivity index (χ3v) is 21.7. The van der Waals surface area contributed by atoms with Gasteiger partial charge in [0.1, 0.15) is 0 Å². The quantitative estimate of drug-likeness (QED) is 0.214. The van der Waals surface area contributed by atoms with Crippen LogP contribution in [0.3, 0.4) is 0 Å². The number of hydrogen-bond acceptors (Lipinski definition) is 23. The number of carbonyl (C=O) groups is 1. The maximum absolute atomic E-state index is 10.4. The fourth-order valence-electron chi connectivity index (χ4n) is 12.5. The Morgan fingerprint density at radius 1 is 0.398 bits per heavy atom. The third-order valence-electron chi connectivity index (χ3n) is 19.2. The summed E-state index contributed by atoms with van der Waals surface area (Å²) in [5, 5.41) is 11.5. The van der Waals surface area contributed by atoms with Crippen LogP contribution in [0, 0.1) is 5.92 Å². The van der Waals surface area contributed by atoms with Crippen LogP contribution in [-0.4, -0.2) is 398 Å². The molecule has 624 valence electrons. The van der Waals surface area contributed by atoms with Crippen molar-refractivity contribution in [3.63, 3.8) is 0 Å². The van der Waals surface area contributed by atoms with Crippen LogP contribution in [0.15, 0.2) is 0 Å². The van der Waals surface area contributed by atoms with E-state index in [1.807, 2.05) is 0 Å². The molecule has 0 aliphatic carbocycles. The number of nitrogens with one attached hydrogen (secondary N) is 3. The summed E-state index contributed by atoms with van der Waals surface area (Å²) in [6.45, 7) is 63.0. The highest BCUT2D eigenvalue weighted by Gasteiger charge is 2.24. The van der Waals surface area contributed by atoms with Crippen LogP contribution >= 0.6 is 23.5 Å². The average molecular weight is 1520 g/mol. The lowest BCUT2D eigenvalue weighted by Gasteiger charge is -2.40. The number of ether oxygens (including phenoxy) is 7. The van der Waals surface area contributed by atoms with Crippen molar-refractivity contribution in [1.82, 2.24) is 64.9 Å². The van der Waals surface area contributed by atoms with Crippen LogP contribution in [0.1, 0.15) is 172 Å². The summed E-state index contributed by atoms with van der Waals surface area (Å²) in [6.07, 6.45) is 10.5. The van der Waals surface area contributed by atoms with Crippen molar-refractivity contribution in [3.8, 4) is 0 Å². The second kappa shape index (κ2) is 68.2. The highest BCUT2D eigenvalue weighted by atomic mass is 32.2. The molecule has 0 bridgehead atoms. The van der Waals surface area contributed by atoms with Gasteiger partial charge >= 0.3 is 5.97 Å². The minimum atomic E-state index is -0.0388. The maximum atomic E-state index is 10.4. The fraction of sp³-hybridized carbons (Fsp3) is 0.988. The van der Waals surface area contributed by atoms with Gasteiger partial charge in [0, 0.05) is 204 Å². The van der Waals surface area contributed by atoms with Crippen LogP contribution in [0.5, 0.6) is 0 Å². The SMILES string of the molecule is C.C.C.C.CC(C)N1CCN(C)CC1C.CC1CCC(=O)OC1.CC1CCCCS1.CC1CN(C)CCCO1.CC1CN(C)CCN1C.CC1CN(C)CCN1C.CC1CN(C)CCO1.CC1CN(C)CCO1.CC1CN(C)CCS1.CC1CNCCCO1.CC1CNCCO1.CC1COCCN1. The lowest BCUT2D eigenvalue weighted by molar-refractivity contribution is -0.149. The highest BCUT2D eigenvalue weighted by Crippen LogP contribution is 2.24. The topological polar surface area (TPSA) is 150 Å². The number of rotatable bonds is 1. The van der Waals surface area contributed by atoms with Crippen LogP contribution < -0.4 is 16.0 Å². The van der Waals surface area contributed by atoms with Gasteiger partial charge < -0.3 is 93.2 Å². The van der Waals surface area contributed by atoms with Crippen LogP contribution in [-0.2, 0) is 38.0 Å². The van der Waals surface area contributed by atoms with Gasteiger partial charge in [-0.3, -0.25) is 9.69 Å². The minimum absolute atomic E-state index is 0. The molecule has 0 aromatic rings. The Labute approximate surface area is 649 Å². The first-order valence-electron chi connectivity index (χ1n) is 39.2. The Bertz CT molecular complexity index is 1680. The van der Waals surface area contributed by atoms with E-state index in [4.69, 9.17) is 33.2 Å². The maximum Gasteiger partial charge on any atom is 0.305 e. The zero-order valence-corrected chi connectivity index (χ0v) is 70.3. The van der Waals surface area contributed by atoms with Crippen molar-refractivity contribution in [2.24, 2.45) is 5.92 Å². The van der Waals surface area contributed by atoms with Gasteiger partial charge in [0.05, 0.1) is 70.2 Å². The summed E-state index contributed by atoms with van der Waals surface area (Å²) in [4.78, 5) is 34.2. The van der Waals surface area contributed by atoms with E-state index in [0.29, 0.717) is 61.5 Å². The van der Waals surface area contributed by atoms with E-state index >= 15 is 0 Å². The summed E-state index contributed by atoms with van der Waals surface area (Å²) in [7, 11) is 19.5. The molecule has 12 heterocycles. The highest BCUT2D eigenvalue weighted by molar-refractivity contribution is 8.00. The summed E-state index contributed by atoms with van der Waals surface area (Å²) in [5.74, 6) is 3.26. The number of hydrogen-bond donors (Lipinski definition) is 3. The number of carbonyl (C=O) groups excluding carboxylic acids is 1. The molecule has 21 nitrogen and oxygen atoms in total. The zero-order chi connectivity index (χ0) is 73.9. The Morgan fingerprint density at radius 3 is 1.19 bits per heavy atom. The molecule has 12 rings (SSSR count). The second-order valence-corrected chi connectivity index (χ2v) is 33.9. The van der Waals surface area contributed by atoms with E-state index < -0.39 is 0 Å². The average Bonchev–Trinajstić information content (AvgIpc) is 1.29. The van der Waals surface area contributed by atoms with Crippen molar-refractivity contribution in [1.29, 1.82) is 0 Å². The van der Waals surface area contributed by atoms with E-state index in [0.717, 1.165) is 153 Å². The van der Waals surface area contributed by atoms with Gasteiger partial charge in [0.2, 0.25) is 0 Å². The summed E-state index contributed by atoms with van der Waals surface area (Å²) < 4.78 is 36.5. The first kappa shape index (κ1) is 109. The number of thioether (sulfide) groups is 2. The van der Waals surface area contributed by atoms with Crippen molar-refractivity contribution in [2.45, 2.75) is 243 Å². The number of esters is 1. The number of piperazine rings is 3.